The van der Waals surface area contributed by atoms with E-state index in [4.69, 9.17) is 9.73 Å². The molecule has 1 heterocycles. The maximum Gasteiger partial charge on any atom is 0.191 e. The SMILES string of the molecule is CCNC(=NCC1(CCO)CCCCC1)NCC1(c2ccccc2)CCOCC1. The molecular formula is C24H39N3O2. The van der Waals surface area contributed by atoms with Gasteiger partial charge >= 0.3 is 0 Å². The summed E-state index contributed by atoms with van der Waals surface area (Å²) >= 11 is 0. The minimum Gasteiger partial charge on any atom is -0.396 e. The summed E-state index contributed by atoms with van der Waals surface area (Å²) in [4.78, 5) is 4.99. The lowest BCUT2D eigenvalue weighted by atomic mass is 9.72. The van der Waals surface area contributed by atoms with Crippen molar-refractivity contribution in [3.05, 3.63) is 35.9 Å². The van der Waals surface area contributed by atoms with Crippen molar-refractivity contribution >= 4 is 5.96 Å². The predicted octanol–water partition coefficient (Wildman–Crippen LogP) is 3.62. The van der Waals surface area contributed by atoms with Crippen LogP contribution in [0, 0.1) is 5.41 Å². The molecule has 2 aliphatic rings. The number of aliphatic hydroxyl groups is 1. The molecule has 162 valence electrons. The number of aliphatic imine (C=N–C) groups is 1. The third kappa shape index (κ3) is 5.95. The summed E-state index contributed by atoms with van der Waals surface area (Å²) in [6.07, 6.45) is 9.12. The van der Waals surface area contributed by atoms with Crippen LogP contribution in [0.3, 0.4) is 0 Å². The summed E-state index contributed by atoms with van der Waals surface area (Å²) in [6, 6.07) is 10.8. The zero-order valence-corrected chi connectivity index (χ0v) is 18.1. The minimum absolute atomic E-state index is 0.0866. The first-order chi connectivity index (χ1) is 14.2. The monoisotopic (exact) mass is 401 g/mol. The molecule has 2 fully saturated rings. The maximum atomic E-state index is 9.59. The second-order valence-corrected chi connectivity index (χ2v) is 8.84. The lowest BCUT2D eigenvalue weighted by Gasteiger charge is -2.38. The number of benzene rings is 1. The number of rotatable bonds is 8. The molecule has 0 bridgehead atoms. The predicted molar refractivity (Wildman–Crippen MR) is 119 cm³/mol. The number of nitrogens with one attached hydrogen (secondary N) is 2. The first-order valence-corrected chi connectivity index (χ1v) is 11.5. The lowest BCUT2D eigenvalue weighted by molar-refractivity contribution is 0.0513. The van der Waals surface area contributed by atoms with Gasteiger partial charge in [0.25, 0.3) is 0 Å². The molecule has 0 spiro atoms. The zero-order chi connectivity index (χ0) is 20.4. The van der Waals surface area contributed by atoms with Crippen LogP contribution in [0.1, 0.15) is 63.9 Å². The van der Waals surface area contributed by atoms with E-state index in [1.54, 1.807) is 0 Å². The van der Waals surface area contributed by atoms with Gasteiger partial charge < -0.3 is 20.5 Å². The average Bonchev–Trinajstić information content (AvgIpc) is 2.78. The summed E-state index contributed by atoms with van der Waals surface area (Å²) in [5.41, 5.74) is 1.64. The normalized spacial score (nSPS) is 21.5. The summed E-state index contributed by atoms with van der Waals surface area (Å²) in [5.74, 6) is 0.900. The van der Waals surface area contributed by atoms with Crippen LogP contribution in [-0.4, -0.2) is 50.5 Å². The van der Waals surface area contributed by atoms with Crippen LogP contribution in [0.25, 0.3) is 0 Å². The van der Waals surface area contributed by atoms with Gasteiger partial charge in [0.05, 0.1) is 0 Å². The Morgan fingerprint density at radius 2 is 1.76 bits per heavy atom. The van der Waals surface area contributed by atoms with E-state index in [-0.39, 0.29) is 17.4 Å². The molecule has 0 atom stereocenters. The fraction of sp³-hybridized carbons (Fsp3) is 0.708. The van der Waals surface area contributed by atoms with Crippen LogP contribution in [0.2, 0.25) is 0 Å². The average molecular weight is 402 g/mol. The molecule has 3 N–H and O–H groups in total. The van der Waals surface area contributed by atoms with Crippen molar-refractivity contribution in [3.8, 4) is 0 Å². The van der Waals surface area contributed by atoms with E-state index in [2.05, 4.69) is 47.9 Å². The standard InChI is InChI=1S/C24H39N3O2/c1-2-25-22(26-19-23(13-16-28)11-7-4-8-12-23)27-20-24(14-17-29-18-15-24)21-9-5-3-6-10-21/h3,5-6,9-10,28H,2,4,7-8,11-20H2,1H3,(H2,25,26,27). The number of hydrogen-bond donors (Lipinski definition) is 3. The molecule has 0 aromatic heterocycles. The minimum atomic E-state index is 0.0866. The Morgan fingerprint density at radius 1 is 1.03 bits per heavy atom. The Bertz CT molecular complexity index is 615. The van der Waals surface area contributed by atoms with Crippen LogP contribution < -0.4 is 10.6 Å². The molecule has 0 amide bonds. The second kappa shape index (κ2) is 11.0. The molecule has 0 unspecified atom stereocenters. The van der Waals surface area contributed by atoms with Crippen LogP contribution >= 0.6 is 0 Å². The van der Waals surface area contributed by atoms with Crippen molar-refractivity contribution in [1.82, 2.24) is 10.6 Å². The van der Waals surface area contributed by atoms with Crippen LogP contribution in [-0.2, 0) is 10.2 Å². The van der Waals surface area contributed by atoms with E-state index in [1.165, 1.54) is 37.7 Å². The number of aliphatic hydroxyl groups excluding tert-OH is 1. The molecule has 5 heteroatoms. The van der Waals surface area contributed by atoms with E-state index < -0.39 is 0 Å². The first-order valence-electron chi connectivity index (χ1n) is 11.5. The quantitative estimate of drug-likeness (QED) is 0.460. The number of hydrogen-bond acceptors (Lipinski definition) is 3. The Hall–Kier alpha value is -1.59. The van der Waals surface area contributed by atoms with E-state index in [9.17, 15) is 5.11 Å². The molecule has 29 heavy (non-hydrogen) atoms. The molecule has 1 aliphatic heterocycles. The summed E-state index contributed by atoms with van der Waals surface area (Å²) < 4.78 is 5.67. The van der Waals surface area contributed by atoms with Gasteiger partial charge in [-0.25, -0.2) is 0 Å². The van der Waals surface area contributed by atoms with Crippen molar-refractivity contribution in [1.29, 1.82) is 0 Å². The highest BCUT2D eigenvalue weighted by Gasteiger charge is 2.35. The first kappa shape index (κ1) is 22.1. The van der Waals surface area contributed by atoms with Crippen LogP contribution in [0.4, 0.5) is 0 Å². The van der Waals surface area contributed by atoms with Gasteiger partial charge in [-0.05, 0) is 50.0 Å². The van der Waals surface area contributed by atoms with E-state index in [0.29, 0.717) is 0 Å². The van der Waals surface area contributed by atoms with Crippen molar-refractivity contribution in [3.63, 3.8) is 0 Å². The van der Waals surface area contributed by atoms with E-state index in [0.717, 1.165) is 58.1 Å². The topological polar surface area (TPSA) is 65.9 Å². The third-order valence-electron chi connectivity index (χ3n) is 6.90. The highest BCUT2D eigenvalue weighted by Crippen LogP contribution is 2.39. The van der Waals surface area contributed by atoms with Crippen molar-refractivity contribution in [2.24, 2.45) is 10.4 Å². The highest BCUT2D eigenvalue weighted by molar-refractivity contribution is 5.79. The Morgan fingerprint density at radius 3 is 2.41 bits per heavy atom. The fourth-order valence-electron chi connectivity index (χ4n) is 4.99. The summed E-state index contributed by atoms with van der Waals surface area (Å²) in [7, 11) is 0. The van der Waals surface area contributed by atoms with Crippen LogP contribution in [0.15, 0.2) is 35.3 Å². The van der Waals surface area contributed by atoms with Crippen molar-refractivity contribution in [2.45, 2.75) is 63.7 Å². The fourth-order valence-corrected chi connectivity index (χ4v) is 4.99. The van der Waals surface area contributed by atoms with Crippen molar-refractivity contribution in [2.75, 3.05) is 39.5 Å². The molecule has 1 aromatic rings. The van der Waals surface area contributed by atoms with Gasteiger partial charge in [0.2, 0.25) is 0 Å². The van der Waals surface area contributed by atoms with Gasteiger partial charge in [-0.1, -0.05) is 49.6 Å². The van der Waals surface area contributed by atoms with Crippen LogP contribution in [0.5, 0.6) is 0 Å². The van der Waals surface area contributed by atoms with Gasteiger partial charge in [-0.3, -0.25) is 4.99 Å². The Balaban J connectivity index is 1.70. The molecule has 1 aliphatic carbocycles. The van der Waals surface area contributed by atoms with Crippen molar-refractivity contribution < 1.29 is 9.84 Å². The lowest BCUT2D eigenvalue weighted by Crippen LogP contribution is -2.48. The van der Waals surface area contributed by atoms with Gasteiger partial charge in [-0.15, -0.1) is 0 Å². The Labute approximate surface area is 176 Å². The number of nitrogens with zero attached hydrogens (tertiary/aromatic N) is 1. The van der Waals surface area contributed by atoms with Gasteiger partial charge in [0.1, 0.15) is 0 Å². The maximum absolute atomic E-state index is 9.59. The molecule has 1 saturated carbocycles. The molecule has 1 saturated heterocycles. The number of guanidine groups is 1. The largest absolute Gasteiger partial charge is 0.396 e. The van der Waals surface area contributed by atoms with Gasteiger partial charge in [0.15, 0.2) is 5.96 Å². The Kier molecular flexibility index (Phi) is 8.37. The molecule has 0 radical (unpaired) electrons. The molecule has 1 aromatic carbocycles. The summed E-state index contributed by atoms with van der Waals surface area (Å²) in [5, 5.41) is 16.7. The zero-order valence-electron chi connectivity index (χ0n) is 18.1. The van der Waals surface area contributed by atoms with Gasteiger partial charge in [-0.2, -0.15) is 0 Å². The summed E-state index contributed by atoms with van der Waals surface area (Å²) in [6.45, 7) is 6.50. The van der Waals surface area contributed by atoms with Gasteiger partial charge in [0, 0.05) is 44.9 Å². The second-order valence-electron chi connectivity index (χ2n) is 8.84. The van der Waals surface area contributed by atoms with E-state index in [1.807, 2.05) is 0 Å². The highest BCUT2D eigenvalue weighted by atomic mass is 16.5. The number of ether oxygens (including phenoxy) is 1. The molecule has 3 rings (SSSR count). The van der Waals surface area contributed by atoms with E-state index >= 15 is 0 Å². The third-order valence-corrected chi connectivity index (χ3v) is 6.90. The molecule has 5 nitrogen and oxygen atoms in total. The molecular weight excluding hydrogens is 362 g/mol. The smallest absolute Gasteiger partial charge is 0.191 e.